The predicted octanol–water partition coefficient (Wildman–Crippen LogP) is 7.73. The molecule has 0 aromatic rings. The molecule has 0 aliphatic rings. The Bertz CT molecular complexity index is 292. The lowest BCUT2D eigenvalue weighted by Crippen LogP contribution is -1.74. The molecule has 0 fully saturated rings. The molecule has 0 aliphatic heterocycles. The van der Waals surface area contributed by atoms with Gasteiger partial charge in [0.25, 0.3) is 0 Å². The molecule has 0 saturated carbocycles. The predicted molar refractivity (Wildman–Crippen MR) is 104 cm³/mol. The van der Waals surface area contributed by atoms with Crippen LogP contribution in [0.15, 0.2) is 35.5 Å². The lowest BCUT2D eigenvalue weighted by Gasteiger charge is -1.92. The number of hydrogen-bond donors (Lipinski definition) is 0. The molecular weight excluding hydrogens is 252 g/mol. The van der Waals surface area contributed by atoms with E-state index in [1.54, 1.807) is 0 Å². The minimum atomic E-state index is 1.02. The fourth-order valence-corrected chi connectivity index (χ4v) is 0.533. The van der Waals surface area contributed by atoms with Crippen LogP contribution < -0.4 is 0 Å². The van der Waals surface area contributed by atoms with Gasteiger partial charge in [-0.25, -0.2) is 0 Å². The van der Waals surface area contributed by atoms with Crippen LogP contribution in [0.2, 0.25) is 0 Å². The number of allylic oxidation sites excluding steroid dienone is 5. The van der Waals surface area contributed by atoms with Crippen molar-refractivity contribution in [3.63, 3.8) is 0 Å². The summed E-state index contributed by atoms with van der Waals surface area (Å²) < 4.78 is 0. The van der Waals surface area contributed by atoms with E-state index in [9.17, 15) is 0 Å². The second-order valence-electron chi connectivity index (χ2n) is 4.57. The van der Waals surface area contributed by atoms with Gasteiger partial charge in [0.05, 0.1) is 0 Å². The molecule has 0 unspecified atom stereocenters. The maximum Gasteiger partial charge on any atom is 0.00156 e. The van der Waals surface area contributed by atoms with E-state index in [0.717, 1.165) is 18.4 Å². The molecule has 124 valence electrons. The first kappa shape index (κ1) is 28.0. The van der Waals surface area contributed by atoms with E-state index in [4.69, 9.17) is 6.42 Å². The fraction of sp³-hybridized carbons (Fsp3) is 0.619. The van der Waals surface area contributed by atoms with Crippen LogP contribution in [-0.2, 0) is 0 Å². The van der Waals surface area contributed by atoms with Crippen molar-refractivity contribution in [2.75, 3.05) is 0 Å². The van der Waals surface area contributed by atoms with E-state index in [1.807, 2.05) is 34.6 Å². The molecule has 0 atom stereocenters. The van der Waals surface area contributed by atoms with Crippen molar-refractivity contribution < 1.29 is 0 Å². The van der Waals surface area contributed by atoms with Gasteiger partial charge in [0.15, 0.2) is 0 Å². The van der Waals surface area contributed by atoms with E-state index in [2.05, 4.69) is 52.3 Å². The zero-order valence-electron chi connectivity index (χ0n) is 16.3. The Balaban J connectivity index is -0.000000110. The van der Waals surface area contributed by atoms with Crippen LogP contribution >= 0.6 is 0 Å². The number of hydrogen-bond acceptors (Lipinski definition) is 0. The van der Waals surface area contributed by atoms with Gasteiger partial charge in [-0.1, -0.05) is 78.0 Å². The molecule has 0 nitrogen and oxygen atoms in total. The van der Waals surface area contributed by atoms with Crippen molar-refractivity contribution in [2.24, 2.45) is 0 Å². The summed E-state index contributed by atoms with van der Waals surface area (Å²) in [6.45, 7) is 22.3. The number of terminal acetylenes is 1. The fourth-order valence-electron chi connectivity index (χ4n) is 0.533. The Morgan fingerprint density at radius 3 is 1.57 bits per heavy atom. The van der Waals surface area contributed by atoms with Crippen LogP contribution in [0.25, 0.3) is 0 Å². The summed E-state index contributed by atoms with van der Waals surface area (Å²) in [4.78, 5) is 0. The lowest BCUT2D eigenvalue weighted by atomic mass is 10.1. The molecule has 0 rings (SSSR count). The lowest BCUT2D eigenvalue weighted by molar-refractivity contribution is 0.886. The van der Waals surface area contributed by atoms with Crippen molar-refractivity contribution in [3.05, 3.63) is 35.5 Å². The quantitative estimate of drug-likeness (QED) is 0.282. The van der Waals surface area contributed by atoms with Gasteiger partial charge in [-0.15, -0.1) is 13.0 Å². The summed E-state index contributed by atoms with van der Waals surface area (Å²) >= 11 is 0. The Kier molecular flexibility index (Phi) is 36.3. The molecule has 0 amide bonds. The summed E-state index contributed by atoms with van der Waals surface area (Å²) in [5.74, 6) is 2.60. The molecule has 0 heteroatoms. The molecule has 0 radical (unpaired) electrons. The summed E-state index contributed by atoms with van der Waals surface area (Å²) in [7, 11) is 0. The summed E-state index contributed by atoms with van der Waals surface area (Å²) in [6, 6.07) is 0. The minimum Gasteiger partial charge on any atom is -0.115 e. The maximum atomic E-state index is 5.20. The normalized spacial score (nSPS) is 9.71. The highest BCUT2D eigenvalue weighted by molar-refractivity contribution is 5.34. The summed E-state index contributed by atoms with van der Waals surface area (Å²) in [5.41, 5.74) is 3.46. The molecule has 0 N–H and O–H groups in total. The summed E-state index contributed by atoms with van der Waals surface area (Å²) in [5, 5.41) is 0. The van der Waals surface area contributed by atoms with Gasteiger partial charge < -0.3 is 0 Å². The van der Waals surface area contributed by atoms with Crippen LogP contribution in [0.5, 0.6) is 0 Å². The first-order valence-corrected chi connectivity index (χ1v) is 8.35. The smallest absolute Gasteiger partial charge is 0.00156 e. The monoisotopic (exact) mass is 292 g/mol. The van der Waals surface area contributed by atoms with E-state index in [-0.39, 0.29) is 0 Å². The SMILES string of the molecule is C#C/C(C)=C(C)/C=C\CC.C=C(C)CC.CC.CCCC. The van der Waals surface area contributed by atoms with Gasteiger partial charge in [0.2, 0.25) is 0 Å². The molecule has 0 spiro atoms. The van der Waals surface area contributed by atoms with E-state index >= 15 is 0 Å². The van der Waals surface area contributed by atoms with Crippen molar-refractivity contribution >= 4 is 0 Å². The highest BCUT2D eigenvalue weighted by Crippen LogP contribution is 2.03. The molecular formula is C21H40. The van der Waals surface area contributed by atoms with Crippen molar-refractivity contribution in [2.45, 2.75) is 88.0 Å². The van der Waals surface area contributed by atoms with E-state index < -0.39 is 0 Å². The largest absolute Gasteiger partial charge is 0.115 e. The van der Waals surface area contributed by atoms with E-state index in [1.165, 1.54) is 24.0 Å². The molecule has 0 aliphatic carbocycles. The topological polar surface area (TPSA) is 0 Å². The summed E-state index contributed by atoms with van der Waals surface area (Å²) in [6.07, 6.45) is 14.2. The van der Waals surface area contributed by atoms with E-state index in [0.29, 0.717) is 0 Å². The van der Waals surface area contributed by atoms with Crippen molar-refractivity contribution in [1.29, 1.82) is 0 Å². The van der Waals surface area contributed by atoms with Crippen LogP contribution in [0.3, 0.4) is 0 Å². The Labute approximate surface area is 136 Å². The third-order valence-electron chi connectivity index (χ3n) is 2.52. The molecule has 0 aromatic heterocycles. The van der Waals surface area contributed by atoms with Crippen LogP contribution in [-0.4, -0.2) is 0 Å². The zero-order valence-corrected chi connectivity index (χ0v) is 16.3. The second-order valence-corrected chi connectivity index (χ2v) is 4.57. The Morgan fingerprint density at radius 1 is 1.00 bits per heavy atom. The highest BCUT2D eigenvalue weighted by Gasteiger charge is 1.85. The average Bonchev–Trinajstić information content (AvgIpc) is 2.54. The van der Waals surface area contributed by atoms with Crippen LogP contribution in [0.1, 0.15) is 88.0 Å². The molecule has 0 aromatic carbocycles. The average molecular weight is 293 g/mol. The van der Waals surface area contributed by atoms with Crippen molar-refractivity contribution in [1.82, 2.24) is 0 Å². The molecule has 0 heterocycles. The zero-order chi connectivity index (χ0) is 17.7. The Hall–Kier alpha value is -1.22. The minimum absolute atomic E-state index is 1.02. The number of unbranched alkanes of at least 4 members (excludes halogenated alkanes) is 1. The van der Waals surface area contributed by atoms with Gasteiger partial charge in [-0.05, 0) is 39.2 Å². The molecule has 0 saturated heterocycles. The van der Waals surface area contributed by atoms with Crippen LogP contribution in [0.4, 0.5) is 0 Å². The third kappa shape index (κ3) is 38.1. The Morgan fingerprint density at radius 2 is 1.38 bits per heavy atom. The van der Waals surface area contributed by atoms with Gasteiger partial charge >= 0.3 is 0 Å². The molecule has 21 heavy (non-hydrogen) atoms. The molecule has 0 bridgehead atoms. The van der Waals surface area contributed by atoms with Gasteiger partial charge in [-0.3, -0.25) is 0 Å². The van der Waals surface area contributed by atoms with Crippen molar-refractivity contribution in [3.8, 4) is 12.3 Å². The number of rotatable bonds is 4. The van der Waals surface area contributed by atoms with Gasteiger partial charge in [0.1, 0.15) is 0 Å². The first-order chi connectivity index (χ1) is 9.90. The third-order valence-corrected chi connectivity index (χ3v) is 2.52. The second kappa shape index (κ2) is 27.2. The standard InChI is InChI=1S/C10H14.C5H10.C4H10.C2H6/c1-5-7-8-10(4)9(3)6-2;1-4-5(2)3;1-3-4-2;1-2/h2,7-8H,5H2,1,3-4H3;2,4H2,1,3H3;3-4H2,1-2H3;1-2H3/b8-7-,10-9+;;;. The maximum absolute atomic E-state index is 5.20. The van der Waals surface area contributed by atoms with Gasteiger partial charge in [-0.2, -0.15) is 0 Å². The first-order valence-electron chi connectivity index (χ1n) is 8.35. The highest BCUT2D eigenvalue weighted by atomic mass is 13.9. The van der Waals surface area contributed by atoms with Crippen LogP contribution in [0, 0.1) is 12.3 Å². The van der Waals surface area contributed by atoms with Gasteiger partial charge in [0, 0.05) is 5.57 Å².